The third kappa shape index (κ3) is 3.54. The van der Waals surface area contributed by atoms with E-state index in [0.29, 0.717) is 6.04 Å². The molecular formula is C21H24N2O2. The Morgan fingerprint density at radius 2 is 1.92 bits per heavy atom. The van der Waals surface area contributed by atoms with Crippen LogP contribution in [-0.2, 0) is 6.54 Å². The van der Waals surface area contributed by atoms with Crippen molar-refractivity contribution in [3.8, 4) is 5.75 Å². The van der Waals surface area contributed by atoms with Crippen molar-refractivity contribution in [3.05, 3.63) is 60.0 Å². The minimum Gasteiger partial charge on any atom is -0.497 e. The summed E-state index contributed by atoms with van der Waals surface area (Å²) in [5.74, 6) is 1.71. The Labute approximate surface area is 148 Å². The highest BCUT2D eigenvalue weighted by Gasteiger charge is 2.24. The standard InChI is InChI=1S/C21H24N2O2/c1-24-17-12-10-16(11-13-17)19-8-3-2-6-14-23(19)15-21-22-18-7-4-5-9-20(18)25-21/h4-5,7,9-13,19H,2-3,6,8,14-15H2,1H3/t19-/m0/s1. The molecule has 1 aliphatic rings. The lowest BCUT2D eigenvalue weighted by molar-refractivity contribution is 0.176. The molecule has 0 unspecified atom stereocenters. The highest BCUT2D eigenvalue weighted by atomic mass is 16.5. The number of hydrogen-bond donors (Lipinski definition) is 0. The first-order valence-corrected chi connectivity index (χ1v) is 9.06. The highest BCUT2D eigenvalue weighted by molar-refractivity contribution is 5.72. The third-order valence-corrected chi connectivity index (χ3v) is 5.04. The number of nitrogens with zero attached hydrogens (tertiary/aromatic N) is 2. The molecular weight excluding hydrogens is 312 g/mol. The number of fused-ring (bicyclic) bond motifs is 1. The summed E-state index contributed by atoms with van der Waals surface area (Å²) in [6.07, 6.45) is 4.96. The van der Waals surface area contributed by atoms with Gasteiger partial charge in [-0.25, -0.2) is 4.98 Å². The van der Waals surface area contributed by atoms with Gasteiger partial charge >= 0.3 is 0 Å². The Morgan fingerprint density at radius 3 is 2.72 bits per heavy atom. The van der Waals surface area contributed by atoms with Crippen molar-refractivity contribution in [1.29, 1.82) is 0 Å². The number of hydrogen-bond acceptors (Lipinski definition) is 4. The van der Waals surface area contributed by atoms with Crippen LogP contribution in [0.4, 0.5) is 0 Å². The van der Waals surface area contributed by atoms with E-state index in [4.69, 9.17) is 9.15 Å². The zero-order chi connectivity index (χ0) is 17.1. The first-order valence-electron chi connectivity index (χ1n) is 9.06. The second-order valence-electron chi connectivity index (χ2n) is 6.68. The normalized spacial score (nSPS) is 19.0. The largest absolute Gasteiger partial charge is 0.497 e. The number of aromatic nitrogens is 1. The maximum atomic E-state index is 5.96. The summed E-state index contributed by atoms with van der Waals surface area (Å²) in [6.45, 7) is 1.83. The summed E-state index contributed by atoms with van der Waals surface area (Å²) < 4.78 is 11.3. The summed E-state index contributed by atoms with van der Waals surface area (Å²) in [4.78, 5) is 7.18. The van der Waals surface area contributed by atoms with Crippen molar-refractivity contribution >= 4 is 11.1 Å². The quantitative estimate of drug-likeness (QED) is 0.675. The molecule has 1 atom stereocenters. The molecule has 0 spiro atoms. The van der Waals surface area contributed by atoms with Crippen molar-refractivity contribution < 1.29 is 9.15 Å². The lowest BCUT2D eigenvalue weighted by Gasteiger charge is -2.29. The molecule has 130 valence electrons. The van der Waals surface area contributed by atoms with E-state index >= 15 is 0 Å². The van der Waals surface area contributed by atoms with Gasteiger partial charge in [-0.1, -0.05) is 37.1 Å². The van der Waals surface area contributed by atoms with Crippen LogP contribution in [0, 0.1) is 0 Å². The molecule has 0 N–H and O–H groups in total. The number of methoxy groups -OCH3 is 1. The van der Waals surface area contributed by atoms with Gasteiger partial charge in [0.25, 0.3) is 0 Å². The fourth-order valence-electron chi connectivity index (χ4n) is 3.72. The van der Waals surface area contributed by atoms with E-state index in [1.54, 1.807) is 7.11 Å². The number of benzene rings is 2. The van der Waals surface area contributed by atoms with Crippen molar-refractivity contribution in [1.82, 2.24) is 9.88 Å². The summed E-state index contributed by atoms with van der Waals surface area (Å²) in [5, 5.41) is 0. The van der Waals surface area contributed by atoms with Crippen molar-refractivity contribution in [2.75, 3.05) is 13.7 Å². The lowest BCUT2D eigenvalue weighted by atomic mass is 10.0. The molecule has 0 radical (unpaired) electrons. The maximum Gasteiger partial charge on any atom is 0.209 e. The molecule has 0 aliphatic carbocycles. The van der Waals surface area contributed by atoms with Crippen LogP contribution in [0.3, 0.4) is 0 Å². The van der Waals surface area contributed by atoms with Crippen molar-refractivity contribution in [2.45, 2.75) is 38.3 Å². The molecule has 1 aliphatic heterocycles. The van der Waals surface area contributed by atoms with Gasteiger partial charge in [-0.05, 0) is 49.2 Å². The second kappa shape index (κ2) is 7.28. The van der Waals surface area contributed by atoms with Gasteiger partial charge in [-0.15, -0.1) is 0 Å². The van der Waals surface area contributed by atoms with Crippen LogP contribution in [0.25, 0.3) is 11.1 Å². The molecule has 0 saturated carbocycles. The molecule has 25 heavy (non-hydrogen) atoms. The smallest absolute Gasteiger partial charge is 0.209 e. The predicted molar refractivity (Wildman–Crippen MR) is 98.6 cm³/mol. The van der Waals surface area contributed by atoms with E-state index in [2.05, 4.69) is 34.1 Å². The topological polar surface area (TPSA) is 38.5 Å². The fourth-order valence-corrected chi connectivity index (χ4v) is 3.72. The summed E-state index contributed by atoms with van der Waals surface area (Å²) >= 11 is 0. The summed E-state index contributed by atoms with van der Waals surface area (Å²) in [6, 6.07) is 16.9. The average Bonchev–Trinajstić information content (AvgIpc) is 2.92. The van der Waals surface area contributed by atoms with Crippen LogP contribution in [0.2, 0.25) is 0 Å². The zero-order valence-electron chi connectivity index (χ0n) is 14.6. The van der Waals surface area contributed by atoms with Crippen molar-refractivity contribution in [2.24, 2.45) is 0 Å². The minimum atomic E-state index is 0.406. The van der Waals surface area contributed by atoms with Gasteiger partial charge in [0, 0.05) is 6.04 Å². The predicted octanol–water partition coefficient (Wildman–Crippen LogP) is 4.95. The van der Waals surface area contributed by atoms with Crippen LogP contribution >= 0.6 is 0 Å². The minimum absolute atomic E-state index is 0.406. The van der Waals surface area contributed by atoms with E-state index in [-0.39, 0.29) is 0 Å². The van der Waals surface area contributed by atoms with Gasteiger partial charge in [0.2, 0.25) is 5.89 Å². The molecule has 4 rings (SSSR count). The van der Waals surface area contributed by atoms with E-state index in [9.17, 15) is 0 Å². The molecule has 4 heteroatoms. The van der Waals surface area contributed by atoms with Crippen LogP contribution in [-0.4, -0.2) is 23.5 Å². The van der Waals surface area contributed by atoms with Gasteiger partial charge < -0.3 is 9.15 Å². The number of likely N-dealkylation sites (tertiary alicyclic amines) is 1. The van der Waals surface area contributed by atoms with E-state index in [1.165, 1.54) is 31.2 Å². The zero-order valence-corrected chi connectivity index (χ0v) is 14.6. The Bertz CT molecular complexity index is 792. The molecule has 1 saturated heterocycles. The number of para-hydroxylation sites is 2. The summed E-state index contributed by atoms with van der Waals surface area (Å²) in [7, 11) is 1.71. The fraction of sp³-hybridized carbons (Fsp3) is 0.381. The van der Waals surface area contributed by atoms with Gasteiger partial charge in [0.05, 0.1) is 13.7 Å². The molecule has 4 nitrogen and oxygen atoms in total. The third-order valence-electron chi connectivity index (χ3n) is 5.04. The van der Waals surface area contributed by atoms with Crippen LogP contribution in [0.15, 0.2) is 52.9 Å². The SMILES string of the molecule is COc1ccc([C@@H]2CCCCCN2Cc2nc3ccccc3o2)cc1. The maximum absolute atomic E-state index is 5.96. The van der Waals surface area contributed by atoms with Crippen LogP contribution in [0.5, 0.6) is 5.75 Å². The second-order valence-corrected chi connectivity index (χ2v) is 6.68. The van der Waals surface area contributed by atoms with Gasteiger partial charge in [-0.3, -0.25) is 4.90 Å². The van der Waals surface area contributed by atoms with Gasteiger partial charge in [0.15, 0.2) is 5.58 Å². The van der Waals surface area contributed by atoms with E-state index in [1.807, 2.05) is 24.3 Å². The van der Waals surface area contributed by atoms with E-state index < -0.39 is 0 Å². The molecule has 1 fully saturated rings. The average molecular weight is 336 g/mol. The Hall–Kier alpha value is -2.33. The summed E-state index contributed by atoms with van der Waals surface area (Å²) in [5.41, 5.74) is 3.15. The van der Waals surface area contributed by atoms with Gasteiger partial charge in [0.1, 0.15) is 11.3 Å². The monoisotopic (exact) mass is 336 g/mol. The number of oxazole rings is 1. The number of ether oxygens (including phenoxy) is 1. The Balaban J connectivity index is 1.59. The Kier molecular flexibility index (Phi) is 4.70. The lowest BCUT2D eigenvalue weighted by Crippen LogP contribution is -2.28. The van der Waals surface area contributed by atoms with E-state index in [0.717, 1.165) is 35.8 Å². The molecule has 0 amide bonds. The Morgan fingerprint density at radius 1 is 1.08 bits per heavy atom. The molecule has 2 aromatic carbocycles. The molecule has 0 bridgehead atoms. The highest BCUT2D eigenvalue weighted by Crippen LogP contribution is 2.32. The molecule has 1 aromatic heterocycles. The molecule has 2 heterocycles. The first-order chi connectivity index (χ1) is 12.3. The van der Waals surface area contributed by atoms with Crippen molar-refractivity contribution in [3.63, 3.8) is 0 Å². The number of rotatable bonds is 4. The van der Waals surface area contributed by atoms with Gasteiger partial charge in [-0.2, -0.15) is 0 Å². The van der Waals surface area contributed by atoms with Crippen LogP contribution < -0.4 is 4.74 Å². The first kappa shape index (κ1) is 16.2. The van der Waals surface area contributed by atoms with Crippen LogP contribution in [0.1, 0.15) is 43.2 Å². The molecule has 3 aromatic rings.